The fourth-order valence-electron chi connectivity index (χ4n) is 3.46. The van der Waals surface area contributed by atoms with Crippen molar-refractivity contribution in [1.82, 2.24) is 19.9 Å². The lowest BCUT2D eigenvalue weighted by Gasteiger charge is -2.20. The smallest absolute Gasteiger partial charge is 0.230 e. The molecule has 170 valence electrons. The van der Waals surface area contributed by atoms with Gasteiger partial charge in [0, 0.05) is 18.1 Å². The van der Waals surface area contributed by atoms with Gasteiger partial charge in [-0.15, -0.1) is 21.5 Å². The van der Waals surface area contributed by atoms with Gasteiger partial charge < -0.3 is 10.6 Å². The largest absolute Gasteiger partial charge is 0.496 e. The summed E-state index contributed by atoms with van der Waals surface area (Å²) in [5.41, 5.74) is 4.61. The van der Waals surface area contributed by atoms with Gasteiger partial charge in [0.05, 0.1) is 24.1 Å². The van der Waals surface area contributed by atoms with Crippen molar-refractivity contribution in [2.24, 2.45) is 0 Å². The Bertz CT molecular complexity index is 1300. The van der Waals surface area contributed by atoms with E-state index in [1.165, 1.54) is 27.8 Å². The Morgan fingerprint density at radius 2 is 2.00 bits per heavy atom. The average molecular weight is 481 g/mol. The van der Waals surface area contributed by atoms with Crippen molar-refractivity contribution in [3.05, 3.63) is 64.7 Å². The fourth-order valence-corrected chi connectivity index (χ4v) is 5.19. The van der Waals surface area contributed by atoms with Gasteiger partial charge in [0.25, 0.3) is 0 Å². The molecular formula is C23H24N6O2S2. The lowest BCUT2D eigenvalue weighted by Crippen LogP contribution is -2.23. The van der Waals surface area contributed by atoms with E-state index in [4.69, 9.17) is 15.6 Å². The van der Waals surface area contributed by atoms with Gasteiger partial charge in [-0.25, -0.2) is 9.66 Å². The predicted molar refractivity (Wildman–Crippen MR) is 133 cm³/mol. The zero-order valence-corrected chi connectivity index (χ0v) is 20.4. The van der Waals surface area contributed by atoms with Crippen molar-refractivity contribution in [2.45, 2.75) is 31.7 Å². The number of aryl methyl sites for hydroxylation is 2. The van der Waals surface area contributed by atoms with Gasteiger partial charge in [-0.1, -0.05) is 41.6 Å². The number of anilines is 2. The second-order valence-corrected chi connectivity index (χ2v) is 9.21. The Morgan fingerprint density at radius 3 is 2.73 bits per heavy atom. The molecule has 0 bridgehead atoms. The van der Waals surface area contributed by atoms with E-state index in [0.717, 1.165) is 28.1 Å². The van der Waals surface area contributed by atoms with E-state index in [1.807, 2.05) is 55.6 Å². The summed E-state index contributed by atoms with van der Waals surface area (Å²) in [7, 11) is 1.61. The Kier molecular flexibility index (Phi) is 6.66. The molecule has 0 atom stereocenters. The van der Waals surface area contributed by atoms with Gasteiger partial charge in [0.1, 0.15) is 5.75 Å². The number of thiazole rings is 1. The van der Waals surface area contributed by atoms with Crippen molar-refractivity contribution < 1.29 is 9.53 Å². The number of hydrogen-bond donors (Lipinski definition) is 1. The minimum Gasteiger partial charge on any atom is -0.496 e. The summed E-state index contributed by atoms with van der Waals surface area (Å²) < 4.78 is 6.86. The number of aromatic nitrogens is 4. The van der Waals surface area contributed by atoms with Crippen molar-refractivity contribution >= 4 is 39.8 Å². The van der Waals surface area contributed by atoms with E-state index in [0.29, 0.717) is 27.6 Å². The van der Waals surface area contributed by atoms with Gasteiger partial charge in [-0.3, -0.25) is 9.69 Å². The van der Waals surface area contributed by atoms with Crippen LogP contribution in [0.5, 0.6) is 5.75 Å². The van der Waals surface area contributed by atoms with Crippen LogP contribution in [0.15, 0.2) is 53.0 Å². The molecule has 33 heavy (non-hydrogen) atoms. The first kappa shape index (κ1) is 22.8. The van der Waals surface area contributed by atoms with Crippen LogP contribution in [0, 0.1) is 13.8 Å². The molecule has 1 amide bonds. The summed E-state index contributed by atoms with van der Waals surface area (Å²) >= 11 is 2.86. The summed E-state index contributed by atoms with van der Waals surface area (Å²) in [6.07, 6.45) is 0. The number of thioether (sulfide) groups is 1. The SMILES string of the molecule is COc1ccccc1-c1nnc(SCc2csc(N(C(C)=O)c3ccc(C)cc3C)n2)n1N. The van der Waals surface area contributed by atoms with Crippen LogP contribution in [0.25, 0.3) is 11.4 Å². The zero-order chi connectivity index (χ0) is 23.5. The molecule has 2 aromatic carbocycles. The molecule has 0 aliphatic heterocycles. The highest BCUT2D eigenvalue weighted by Gasteiger charge is 2.21. The van der Waals surface area contributed by atoms with Crippen LogP contribution in [-0.4, -0.2) is 32.9 Å². The first-order valence-electron chi connectivity index (χ1n) is 10.2. The summed E-state index contributed by atoms with van der Waals surface area (Å²) in [5.74, 6) is 7.91. The Labute approximate surface area is 200 Å². The minimum absolute atomic E-state index is 0.0846. The van der Waals surface area contributed by atoms with E-state index in [-0.39, 0.29) is 5.91 Å². The van der Waals surface area contributed by atoms with Crippen molar-refractivity contribution in [1.29, 1.82) is 0 Å². The third-order valence-corrected chi connectivity index (χ3v) is 6.85. The van der Waals surface area contributed by atoms with E-state index in [2.05, 4.69) is 16.3 Å². The number of amides is 1. The molecule has 0 aliphatic rings. The highest BCUT2D eigenvalue weighted by Crippen LogP contribution is 2.34. The second kappa shape index (κ2) is 9.63. The zero-order valence-electron chi connectivity index (χ0n) is 18.8. The van der Waals surface area contributed by atoms with Crippen LogP contribution in [0.2, 0.25) is 0 Å². The Morgan fingerprint density at radius 1 is 1.21 bits per heavy atom. The monoisotopic (exact) mass is 480 g/mol. The predicted octanol–water partition coefficient (Wildman–Crippen LogP) is 4.72. The topological polar surface area (TPSA) is 99.2 Å². The number of hydrogen-bond acceptors (Lipinski definition) is 8. The standard InChI is InChI=1S/C23H24N6O2S2/c1-14-9-10-19(15(2)11-14)28(16(3)30)22-25-17(12-32-22)13-33-23-27-26-21(29(23)24)18-7-5-6-8-20(18)31-4/h5-12H,13,24H2,1-4H3. The highest BCUT2D eigenvalue weighted by molar-refractivity contribution is 7.98. The molecule has 10 heteroatoms. The number of benzene rings is 2. The normalized spacial score (nSPS) is 10.9. The summed E-state index contributed by atoms with van der Waals surface area (Å²) in [6, 6.07) is 13.5. The molecule has 0 spiro atoms. The first-order valence-corrected chi connectivity index (χ1v) is 12.0. The molecule has 0 radical (unpaired) electrons. The molecule has 4 aromatic rings. The van der Waals surface area contributed by atoms with Crippen LogP contribution < -0.4 is 15.5 Å². The lowest BCUT2D eigenvalue weighted by atomic mass is 10.1. The summed E-state index contributed by atoms with van der Waals surface area (Å²) in [6.45, 7) is 5.57. The quantitative estimate of drug-likeness (QED) is 0.302. The molecule has 0 fully saturated rings. The van der Waals surface area contributed by atoms with Crippen LogP contribution >= 0.6 is 23.1 Å². The number of rotatable bonds is 7. The third-order valence-electron chi connectivity index (χ3n) is 5.00. The highest BCUT2D eigenvalue weighted by atomic mass is 32.2. The van der Waals surface area contributed by atoms with Crippen molar-refractivity contribution in [3.63, 3.8) is 0 Å². The molecule has 2 heterocycles. The molecule has 2 N–H and O–H groups in total. The molecular weight excluding hydrogens is 456 g/mol. The molecule has 0 saturated heterocycles. The number of methoxy groups -OCH3 is 1. The molecule has 0 unspecified atom stereocenters. The van der Waals surface area contributed by atoms with E-state index in [1.54, 1.807) is 18.9 Å². The van der Waals surface area contributed by atoms with Crippen LogP contribution in [-0.2, 0) is 10.5 Å². The van der Waals surface area contributed by atoms with Gasteiger partial charge in [-0.05, 0) is 37.6 Å². The Hall–Kier alpha value is -3.37. The molecule has 4 rings (SSSR count). The number of carbonyl (C=O) groups is 1. The maximum atomic E-state index is 12.4. The number of ether oxygens (including phenoxy) is 1. The van der Waals surface area contributed by atoms with Crippen LogP contribution in [0.1, 0.15) is 23.7 Å². The third kappa shape index (κ3) is 4.71. The number of nitrogens with two attached hydrogens (primary N) is 1. The van der Waals surface area contributed by atoms with Gasteiger partial charge in [0.2, 0.25) is 11.1 Å². The van der Waals surface area contributed by atoms with Crippen molar-refractivity contribution in [2.75, 3.05) is 17.9 Å². The maximum Gasteiger partial charge on any atom is 0.230 e. The Balaban J connectivity index is 1.53. The minimum atomic E-state index is -0.0846. The van der Waals surface area contributed by atoms with Crippen LogP contribution in [0.4, 0.5) is 10.8 Å². The molecule has 8 nitrogen and oxygen atoms in total. The number of carbonyl (C=O) groups excluding carboxylic acids is 1. The van der Waals surface area contributed by atoms with Crippen LogP contribution in [0.3, 0.4) is 0 Å². The van der Waals surface area contributed by atoms with Crippen molar-refractivity contribution in [3.8, 4) is 17.1 Å². The van der Waals surface area contributed by atoms with Gasteiger partial charge in [0.15, 0.2) is 11.0 Å². The maximum absolute atomic E-state index is 12.4. The fraction of sp³-hybridized carbons (Fsp3) is 0.217. The molecule has 2 aromatic heterocycles. The summed E-state index contributed by atoms with van der Waals surface area (Å²) in [5, 5.41) is 11.6. The van der Waals surface area contributed by atoms with E-state index in [9.17, 15) is 4.79 Å². The van der Waals surface area contributed by atoms with Gasteiger partial charge >= 0.3 is 0 Å². The van der Waals surface area contributed by atoms with E-state index < -0.39 is 0 Å². The number of para-hydroxylation sites is 1. The lowest BCUT2D eigenvalue weighted by molar-refractivity contribution is -0.115. The first-order chi connectivity index (χ1) is 15.9. The second-order valence-electron chi connectivity index (χ2n) is 7.43. The van der Waals surface area contributed by atoms with Gasteiger partial charge in [-0.2, -0.15) is 0 Å². The average Bonchev–Trinajstić information content (AvgIpc) is 3.40. The summed E-state index contributed by atoms with van der Waals surface area (Å²) in [4.78, 5) is 18.8. The van der Waals surface area contributed by atoms with E-state index >= 15 is 0 Å². The number of nitrogen functional groups attached to an aromatic ring is 1. The molecule has 0 aliphatic carbocycles. The molecule has 0 saturated carbocycles. The number of nitrogens with zero attached hydrogens (tertiary/aromatic N) is 5.